The van der Waals surface area contributed by atoms with Crippen molar-refractivity contribution >= 4 is 208 Å². The van der Waals surface area contributed by atoms with Gasteiger partial charge in [-0.1, -0.05) is 0 Å². The first-order chi connectivity index (χ1) is 8.66. The number of halogens is 5. The van der Waals surface area contributed by atoms with Crippen molar-refractivity contribution in [2.24, 2.45) is 0 Å². The molecule has 0 aromatic heterocycles. The van der Waals surface area contributed by atoms with Gasteiger partial charge in [-0.15, -0.1) is 0 Å². The average Bonchev–Trinajstić information content (AvgIpc) is 1.94. The van der Waals surface area contributed by atoms with Crippen LogP contribution in [0.15, 0.2) is 0 Å². The van der Waals surface area contributed by atoms with Crippen LogP contribution in [0.3, 0.4) is 0 Å². The molecule has 0 aliphatic carbocycles. The van der Waals surface area contributed by atoms with Crippen molar-refractivity contribution in [3.63, 3.8) is 0 Å². The van der Waals surface area contributed by atoms with E-state index in [0.29, 0.717) is 0 Å². The summed E-state index contributed by atoms with van der Waals surface area (Å²) in [5.74, 6) is 0. The average molecular weight is 766 g/mol. The second-order valence-corrected chi connectivity index (χ2v) is 3.75. The van der Waals surface area contributed by atoms with Gasteiger partial charge >= 0.3 is 162 Å². The van der Waals surface area contributed by atoms with E-state index >= 15 is 0 Å². The van der Waals surface area contributed by atoms with Gasteiger partial charge in [0.1, 0.15) is 0 Å². The fraction of sp³-hybridized carbons (Fsp3) is 0. The van der Waals surface area contributed by atoms with Crippen molar-refractivity contribution in [1.29, 1.82) is 0 Å². The van der Waals surface area contributed by atoms with Crippen LogP contribution in [0.5, 0.6) is 0 Å². The fourth-order valence-electron chi connectivity index (χ4n) is 0. The molecular formula is H5Al4F5Mg4O20Si5. The molecule has 0 aromatic rings. The van der Waals surface area contributed by atoms with Crippen LogP contribution in [0.4, 0.5) is 0 Å². The minimum absolute atomic E-state index is 0. The molecule has 0 fully saturated rings. The zero-order valence-electron chi connectivity index (χ0n) is 17.9. The van der Waals surface area contributed by atoms with Crippen LogP contribution in [-0.4, -0.2) is 235 Å². The van der Waals surface area contributed by atoms with E-state index < -0.39 is 45.9 Å². The van der Waals surface area contributed by atoms with Crippen molar-refractivity contribution in [1.82, 2.24) is 0 Å². The SMILES string of the molecule is O=[Si]([O-])[O-].O=[Si]([O-])[O-].O=[Si]([O-])[O-].O=[Si]([O-])[O-].O=[Si]([O-])[O-].[Al+3].[Al+3].[Al+3].[Al+3].[F-].[F-].[F-].[F-].[F-].[Mg+2].[Mg+2].[Mg+2].[Mg+2].[OH-].[OH-].[OH-].[OH-].[OH-]. The second kappa shape index (κ2) is 190. The van der Waals surface area contributed by atoms with E-state index in [1.54, 1.807) is 0 Å². The van der Waals surface area contributed by atoms with Crippen molar-refractivity contribution in [3.8, 4) is 0 Å². The van der Waals surface area contributed by atoms with Crippen molar-refractivity contribution in [2.75, 3.05) is 0 Å². The normalized spacial score (nSPS) is 3.16. The van der Waals surface area contributed by atoms with Gasteiger partial charge in [-0.05, 0) is 0 Å². The molecule has 0 heterocycles. The first-order valence-electron chi connectivity index (χ1n) is 3.06. The summed E-state index contributed by atoms with van der Waals surface area (Å²) in [6, 6.07) is 0. The molecule has 0 saturated heterocycles. The maximum atomic E-state index is 8.52. The molecular weight excluding hydrogens is 761 g/mol. The third-order valence-electron chi connectivity index (χ3n) is 0. The van der Waals surface area contributed by atoms with Crippen LogP contribution in [-0.2, 0) is 22.3 Å². The summed E-state index contributed by atoms with van der Waals surface area (Å²) in [7, 11) is -18.1. The third-order valence-corrected chi connectivity index (χ3v) is 0. The Hall–Kier alpha value is 2.73. The summed E-state index contributed by atoms with van der Waals surface area (Å²) >= 11 is 0. The quantitative estimate of drug-likeness (QED) is 0.163. The maximum absolute atomic E-state index is 8.52. The first kappa shape index (κ1) is 205. The third kappa shape index (κ3) is 7400. The van der Waals surface area contributed by atoms with Gasteiger partial charge in [0, 0.05) is 45.9 Å². The number of hydrogen-bond donors (Lipinski definition) is 0. The molecule has 0 atom stereocenters. The summed E-state index contributed by atoms with van der Waals surface area (Å²) in [5.41, 5.74) is 0. The predicted molar refractivity (Wildman–Crippen MR) is 87.9 cm³/mol. The van der Waals surface area contributed by atoms with Crippen LogP contribution < -0.4 is 71.5 Å². The number of hydrogen-bond acceptors (Lipinski definition) is 20. The molecule has 0 radical (unpaired) electrons. The Morgan fingerprint density at radius 2 is 0.263 bits per heavy atom. The smallest absolute Gasteiger partial charge is 1.00 e. The molecule has 20 nitrogen and oxygen atoms in total. The fourth-order valence-corrected chi connectivity index (χ4v) is 0. The Morgan fingerprint density at radius 3 is 0.263 bits per heavy atom. The largest absolute Gasteiger partial charge is 3.00 e. The maximum Gasteiger partial charge on any atom is 3.00 e. The van der Waals surface area contributed by atoms with E-state index in [1.165, 1.54) is 0 Å². The van der Waals surface area contributed by atoms with Gasteiger partial charge in [-0.3, -0.25) is 0 Å². The van der Waals surface area contributed by atoms with E-state index in [1.807, 2.05) is 0 Å². The monoisotopic (exact) mass is 764 g/mol. The molecule has 0 bridgehead atoms. The van der Waals surface area contributed by atoms with Crippen LogP contribution in [0.1, 0.15) is 0 Å². The summed E-state index contributed by atoms with van der Waals surface area (Å²) < 4.78 is 42.6. The van der Waals surface area contributed by atoms with Gasteiger partial charge in [0.05, 0.1) is 0 Å². The molecule has 0 spiro atoms. The topological polar surface area (TPSA) is 466 Å². The molecule has 0 aliphatic heterocycles. The molecule has 38 heteroatoms. The molecule has 0 unspecified atom stereocenters. The Kier molecular flexibility index (Phi) is 1020. The summed E-state index contributed by atoms with van der Waals surface area (Å²) in [6.45, 7) is 0. The van der Waals surface area contributed by atoms with E-state index in [4.69, 9.17) is 70.3 Å². The van der Waals surface area contributed by atoms with Crippen molar-refractivity contribution < 1.29 is 121 Å². The summed E-state index contributed by atoms with van der Waals surface area (Å²) in [5, 5.41) is 0. The zero-order valence-corrected chi connectivity index (χ0v) is 33.2. The van der Waals surface area contributed by atoms with Gasteiger partial charge in [0.25, 0.3) is 0 Å². The molecule has 5 N–H and O–H groups in total. The van der Waals surface area contributed by atoms with Crippen molar-refractivity contribution in [2.45, 2.75) is 0 Å². The Bertz CT molecular complexity index is 259. The van der Waals surface area contributed by atoms with Gasteiger partial charge in [0.15, 0.2) is 0 Å². The standard InChI is InChI=1S/4Al.5FH.4Mg.5O3Si.5H2O/c;;;;;;;;;;;;;5*1-4(2)3;;;;;/h;;;;5*1H;;;;;;;;;;5*1H2/q4*+3;;;;;;4*+2;5*-2;;;;;/p-10. The summed E-state index contributed by atoms with van der Waals surface area (Å²) in [4.78, 5) is 85.2. The minimum Gasteiger partial charge on any atom is -1.00 e. The molecule has 0 amide bonds. The van der Waals surface area contributed by atoms with E-state index in [2.05, 4.69) is 0 Å². The van der Waals surface area contributed by atoms with E-state index in [9.17, 15) is 0 Å². The zero-order chi connectivity index (χ0) is 17.9. The second-order valence-electron chi connectivity index (χ2n) is 1.25. The van der Waals surface area contributed by atoms with Gasteiger partial charge in [-0.2, -0.15) is 0 Å². The van der Waals surface area contributed by atoms with Crippen LogP contribution in [0.25, 0.3) is 0 Å². The van der Waals surface area contributed by atoms with Crippen LogP contribution in [0, 0.1) is 0 Å². The van der Waals surface area contributed by atoms with Gasteiger partial charge in [0.2, 0.25) is 0 Å². The molecule has 0 aliphatic rings. The summed E-state index contributed by atoms with van der Waals surface area (Å²) in [6.07, 6.45) is 0. The van der Waals surface area contributed by atoms with E-state index in [0.717, 1.165) is 0 Å². The van der Waals surface area contributed by atoms with Crippen LogP contribution in [0.2, 0.25) is 0 Å². The Balaban J connectivity index is -0.00000000315. The molecule has 200 valence electrons. The Morgan fingerprint density at radius 1 is 0.263 bits per heavy atom. The first-order valence-corrected chi connectivity index (χ1v) is 9.19. The van der Waals surface area contributed by atoms with Crippen LogP contribution >= 0.6 is 0 Å². The minimum atomic E-state index is -3.63. The molecule has 38 heavy (non-hydrogen) atoms. The van der Waals surface area contributed by atoms with E-state index in [-0.39, 0.29) is 213 Å². The molecule has 0 aromatic carbocycles. The van der Waals surface area contributed by atoms with Crippen molar-refractivity contribution in [3.05, 3.63) is 0 Å². The Labute approximate surface area is 324 Å². The molecule has 0 saturated carbocycles. The number of rotatable bonds is 0. The van der Waals surface area contributed by atoms with Gasteiger partial charge < -0.3 is 121 Å². The molecule has 0 rings (SSSR count). The van der Waals surface area contributed by atoms with Gasteiger partial charge in [-0.25, -0.2) is 0 Å². The predicted octanol–water partition coefficient (Wildman–Crippen LogP) is -33.3.